The molecule has 0 aliphatic heterocycles. The highest BCUT2D eigenvalue weighted by Crippen LogP contribution is 2.09. The van der Waals surface area contributed by atoms with Gasteiger partial charge in [-0.15, -0.1) is 0 Å². The Balaban J connectivity index is 3.10. The predicted molar refractivity (Wildman–Crippen MR) is 138 cm³/mol. The van der Waals surface area contributed by atoms with Crippen molar-refractivity contribution in [2.75, 3.05) is 0 Å². The van der Waals surface area contributed by atoms with E-state index in [1.165, 1.54) is 0 Å². The number of carbonyl (C=O) groups is 6. The molecule has 5 amide bonds. The number of aliphatic carboxylic acids is 1. The first-order valence-corrected chi connectivity index (χ1v) is 12.3. The van der Waals surface area contributed by atoms with E-state index >= 15 is 0 Å². The fourth-order valence-electron chi connectivity index (χ4n) is 3.56. The normalized spacial score (nSPS) is 14.0. The van der Waals surface area contributed by atoms with Gasteiger partial charge in [0, 0.05) is 19.3 Å². The van der Waals surface area contributed by atoms with Gasteiger partial charge in [0.05, 0.1) is 6.04 Å². The zero-order chi connectivity index (χ0) is 28.8. The zero-order valence-electron chi connectivity index (χ0n) is 21.6. The number of hydrogen-bond donors (Lipinski definition) is 7. The van der Waals surface area contributed by atoms with E-state index in [9.17, 15) is 33.9 Å². The lowest BCUT2D eigenvalue weighted by Gasteiger charge is -2.26. The van der Waals surface area contributed by atoms with E-state index in [2.05, 4.69) is 16.0 Å². The molecule has 0 bridgehead atoms. The van der Waals surface area contributed by atoms with Crippen LogP contribution in [0.1, 0.15) is 51.5 Å². The quantitative estimate of drug-likeness (QED) is 0.126. The van der Waals surface area contributed by atoms with Crippen molar-refractivity contribution in [2.24, 2.45) is 23.1 Å². The summed E-state index contributed by atoms with van der Waals surface area (Å²) in [5.41, 5.74) is 16.7. The zero-order valence-corrected chi connectivity index (χ0v) is 21.6. The Bertz CT molecular complexity index is 986. The fraction of sp³-hybridized carbons (Fsp3) is 0.520. The minimum atomic E-state index is -1.40. The lowest BCUT2D eigenvalue weighted by atomic mass is 10.00. The second-order valence-corrected chi connectivity index (χ2v) is 9.46. The summed E-state index contributed by atoms with van der Waals surface area (Å²) in [7, 11) is 0. The molecule has 38 heavy (non-hydrogen) atoms. The third kappa shape index (κ3) is 12.3. The van der Waals surface area contributed by atoms with E-state index in [0.717, 1.165) is 0 Å². The highest BCUT2D eigenvalue weighted by atomic mass is 16.4. The lowest BCUT2D eigenvalue weighted by Crippen LogP contribution is -2.58. The van der Waals surface area contributed by atoms with E-state index in [-0.39, 0.29) is 44.4 Å². The molecule has 10 N–H and O–H groups in total. The number of benzene rings is 1. The maximum atomic E-state index is 13.2. The molecule has 0 aromatic heterocycles. The Hall–Kier alpha value is -4.00. The average molecular weight is 535 g/mol. The summed E-state index contributed by atoms with van der Waals surface area (Å²) in [6, 6.07) is 4.00. The van der Waals surface area contributed by atoms with Crippen LogP contribution in [0, 0.1) is 5.92 Å². The van der Waals surface area contributed by atoms with Crippen LogP contribution in [0.25, 0.3) is 0 Å². The highest BCUT2D eigenvalue weighted by Gasteiger charge is 2.31. The summed E-state index contributed by atoms with van der Waals surface area (Å²) in [6.45, 7) is 3.67. The molecule has 0 aliphatic carbocycles. The van der Waals surface area contributed by atoms with Crippen LogP contribution >= 0.6 is 0 Å². The van der Waals surface area contributed by atoms with Gasteiger partial charge in [-0.25, -0.2) is 4.79 Å². The van der Waals surface area contributed by atoms with Gasteiger partial charge in [-0.05, 0) is 30.7 Å². The van der Waals surface area contributed by atoms with E-state index < -0.39 is 59.7 Å². The number of primary amides is 2. The number of hydrogen-bond acceptors (Lipinski definition) is 7. The van der Waals surface area contributed by atoms with Crippen molar-refractivity contribution >= 4 is 35.5 Å². The first-order valence-electron chi connectivity index (χ1n) is 12.3. The molecule has 0 saturated heterocycles. The molecule has 4 atom stereocenters. The number of carboxylic acid groups (broad SMARTS) is 1. The highest BCUT2D eigenvalue weighted by molar-refractivity contribution is 5.94. The second-order valence-electron chi connectivity index (χ2n) is 9.46. The molecule has 0 spiro atoms. The van der Waals surface area contributed by atoms with Crippen molar-refractivity contribution in [3.8, 4) is 0 Å². The molecule has 4 unspecified atom stereocenters. The molecule has 0 heterocycles. The summed E-state index contributed by atoms with van der Waals surface area (Å²) < 4.78 is 0. The molecular formula is C25H38N6O7. The van der Waals surface area contributed by atoms with Crippen LogP contribution in [-0.4, -0.2) is 64.8 Å². The fourth-order valence-corrected chi connectivity index (χ4v) is 3.56. The van der Waals surface area contributed by atoms with Crippen LogP contribution in [0.5, 0.6) is 0 Å². The van der Waals surface area contributed by atoms with E-state index in [0.29, 0.717) is 5.56 Å². The van der Waals surface area contributed by atoms with Crippen molar-refractivity contribution in [3.05, 3.63) is 35.9 Å². The van der Waals surface area contributed by atoms with Gasteiger partial charge in [0.2, 0.25) is 29.5 Å². The van der Waals surface area contributed by atoms with Crippen LogP contribution in [0.4, 0.5) is 0 Å². The van der Waals surface area contributed by atoms with Crippen LogP contribution < -0.4 is 33.2 Å². The van der Waals surface area contributed by atoms with Gasteiger partial charge < -0.3 is 38.3 Å². The number of nitrogens with two attached hydrogens (primary N) is 3. The molecule has 0 saturated carbocycles. The third-order valence-corrected chi connectivity index (χ3v) is 5.59. The van der Waals surface area contributed by atoms with Gasteiger partial charge >= 0.3 is 5.97 Å². The lowest BCUT2D eigenvalue weighted by molar-refractivity contribution is -0.142. The minimum Gasteiger partial charge on any atom is -0.480 e. The van der Waals surface area contributed by atoms with Crippen molar-refractivity contribution in [3.63, 3.8) is 0 Å². The number of nitrogens with one attached hydrogen (secondary N) is 3. The number of rotatable bonds is 17. The third-order valence-electron chi connectivity index (χ3n) is 5.59. The van der Waals surface area contributed by atoms with Gasteiger partial charge in [-0.1, -0.05) is 44.2 Å². The Kier molecular flexibility index (Phi) is 13.5. The first-order chi connectivity index (χ1) is 17.8. The van der Waals surface area contributed by atoms with Crippen molar-refractivity contribution in [1.29, 1.82) is 0 Å². The first kappa shape index (κ1) is 32.0. The van der Waals surface area contributed by atoms with Gasteiger partial charge in [-0.3, -0.25) is 24.0 Å². The Morgan fingerprint density at radius 2 is 1.26 bits per heavy atom. The van der Waals surface area contributed by atoms with Gasteiger partial charge in [0.1, 0.15) is 18.1 Å². The Labute approximate surface area is 221 Å². The molecule has 1 aromatic carbocycles. The van der Waals surface area contributed by atoms with Gasteiger partial charge in [0.25, 0.3) is 0 Å². The average Bonchev–Trinajstić information content (AvgIpc) is 2.83. The molecule has 0 aliphatic rings. The minimum absolute atomic E-state index is 0.00188. The predicted octanol–water partition coefficient (Wildman–Crippen LogP) is -1.33. The summed E-state index contributed by atoms with van der Waals surface area (Å²) in [5, 5.41) is 17.0. The molecule has 1 rings (SSSR count). The molecule has 210 valence electrons. The maximum Gasteiger partial charge on any atom is 0.326 e. The number of carboxylic acids is 1. The molecule has 13 heteroatoms. The Morgan fingerprint density at radius 1 is 0.763 bits per heavy atom. The summed E-state index contributed by atoms with van der Waals surface area (Å²) in [5.74, 6) is -4.84. The molecule has 1 aromatic rings. The topological polar surface area (TPSA) is 237 Å². The molecular weight excluding hydrogens is 496 g/mol. The summed E-state index contributed by atoms with van der Waals surface area (Å²) in [4.78, 5) is 72.6. The number of amides is 5. The Morgan fingerprint density at radius 3 is 1.79 bits per heavy atom. The van der Waals surface area contributed by atoms with Gasteiger partial charge in [0.15, 0.2) is 0 Å². The van der Waals surface area contributed by atoms with Crippen LogP contribution in [-0.2, 0) is 35.2 Å². The van der Waals surface area contributed by atoms with E-state index in [4.69, 9.17) is 17.2 Å². The number of carbonyl (C=O) groups excluding carboxylic acids is 5. The molecule has 0 fully saturated rings. The molecule has 13 nitrogen and oxygen atoms in total. The van der Waals surface area contributed by atoms with Crippen molar-refractivity contribution in [1.82, 2.24) is 16.0 Å². The SMILES string of the molecule is CC(C)CC(NC(=O)C(N)CCC(N)=O)C(=O)NC(Cc1ccccc1)C(=O)NC(CCC(N)=O)C(=O)O. The smallest absolute Gasteiger partial charge is 0.326 e. The van der Waals surface area contributed by atoms with E-state index in [1.807, 2.05) is 13.8 Å². The van der Waals surface area contributed by atoms with Gasteiger partial charge in [-0.2, -0.15) is 0 Å². The maximum absolute atomic E-state index is 13.2. The van der Waals surface area contributed by atoms with Crippen LogP contribution in [0.2, 0.25) is 0 Å². The standard InChI is InChI=1S/C25H38N6O7/c1-14(2)12-18(30-22(34)16(26)8-10-20(27)32)23(35)31-19(13-15-6-4-3-5-7-15)24(36)29-17(25(37)38)9-11-21(28)33/h3-7,14,16-19H,8-13,26H2,1-2H3,(H2,27,32)(H2,28,33)(H,29,36)(H,30,34)(H,31,35)(H,37,38). The monoisotopic (exact) mass is 534 g/mol. The molecule has 0 radical (unpaired) electrons. The largest absolute Gasteiger partial charge is 0.480 e. The van der Waals surface area contributed by atoms with E-state index in [1.54, 1.807) is 30.3 Å². The van der Waals surface area contributed by atoms with Crippen LogP contribution in [0.15, 0.2) is 30.3 Å². The van der Waals surface area contributed by atoms with Crippen LogP contribution in [0.3, 0.4) is 0 Å². The van der Waals surface area contributed by atoms with Crippen molar-refractivity contribution in [2.45, 2.75) is 76.5 Å². The van der Waals surface area contributed by atoms with Crippen molar-refractivity contribution < 1.29 is 33.9 Å². The summed E-state index contributed by atoms with van der Waals surface area (Å²) in [6.07, 6.45) is -0.339. The second kappa shape index (κ2) is 16.0. The summed E-state index contributed by atoms with van der Waals surface area (Å²) >= 11 is 0.